The zero-order chi connectivity index (χ0) is 19.6. The van der Waals surface area contributed by atoms with Crippen LogP contribution in [0.25, 0.3) is 0 Å². The SMILES string of the molecule is CN1OC(C)(CC(=O)Nc2cccc(N(C)C)c2)N=C1c1ccccc1F. The molecule has 1 heterocycles. The molecule has 1 amide bonds. The van der Waals surface area contributed by atoms with Crippen LogP contribution in [0, 0.1) is 5.82 Å². The van der Waals surface area contributed by atoms with Crippen molar-refractivity contribution < 1.29 is 14.0 Å². The van der Waals surface area contributed by atoms with Gasteiger partial charge in [0.15, 0.2) is 11.6 Å². The van der Waals surface area contributed by atoms with E-state index in [0.717, 1.165) is 5.69 Å². The Labute approximate surface area is 158 Å². The van der Waals surface area contributed by atoms with E-state index in [-0.39, 0.29) is 18.1 Å². The average molecular weight is 370 g/mol. The zero-order valence-corrected chi connectivity index (χ0v) is 15.9. The van der Waals surface area contributed by atoms with Crippen molar-refractivity contribution in [3.63, 3.8) is 0 Å². The van der Waals surface area contributed by atoms with Crippen molar-refractivity contribution in [2.75, 3.05) is 31.4 Å². The fraction of sp³-hybridized carbons (Fsp3) is 0.300. The summed E-state index contributed by atoms with van der Waals surface area (Å²) in [6.07, 6.45) is 0.00147. The molecule has 0 aliphatic carbocycles. The van der Waals surface area contributed by atoms with Gasteiger partial charge in [0.1, 0.15) is 5.82 Å². The molecular weight excluding hydrogens is 347 g/mol. The second-order valence-electron chi connectivity index (χ2n) is 6.85. The lowest BCUT2D eigenvalue weighted by Gasteiger charge is -2.21. The van der Waals surface area contributed by atoms with Crippen LogP contribution in [-0.2, 0) is 9.63 Å². The smallest absolute Gasteiger partial charge is 0.229 e. The Bertz CT molecular complexity index is 884. The molecule has 6 nitrogen and oxygen atoms in total. The van der Waals surface area contributed by atoms with Gasteiger partial charge in [-0.15, -0.1) is 0 Å². The van der Waals surface area contributed by atoms with Crippen molar-refractivity contribution in [2.24, 2.45) is 4.99 Å². The number of aliphatic imine (C=N–C) groups is 1. The quantitative estimate of drug-likeness (QED) is 0.878. The van der Waals surface area contributed by atoms with Gasteiger partial charge in [-0.05, 0) is 37.3 Å². The van der Waals surface area contributed by atoms with E-state index in [1.54, 1.807) is 32.2 Å². The van der Waals surface area contributed by atoms with E-state index >= 15 is 0 Å². The molecule has 1 atom stereocenters. The van der Waals surface area contributed by atoms with E-state index in [9.17, 15) is 9.18 Å². The van der Waals surface area contributed by atoms with E-state index in [2.05, 4.69) is 10.3 Å². The van der Waals surface area contributed by atoms with Crippen LogP contribution in [0.5, 0.6) is 0 Å². The molecule has 0 radical (unpaired) electrons. The number of rotatable bonds is 5. The van der Waals surface area contributed by atoms with Crippen LogP contribution in [0.3, 0.4) is 0 Å². The maximum absolute atomic E-state index is 14.1. The Morgan fingerprint density at radius 2 is 2.00 bits per heavy atom. The van der Waals surface area contributed by atoms with E-state index in [1.165, 1.54) is 11.1 Å². The van der Waals surface area contributed by atoms with Gasteiger partial charge in [-0.2, -0.15) is 0 Å². The Kier molecular flexibility index (Phi) is 5.14. The number of amidine groups is 1. The molecule has 142 valence electrons. The Morgan fingerprint density at radius 3 is 2.70 bits per heavy atom. The molecule has 2 aromatic carbocycles. The molecule has 0 bridgehead atoms. The monoisotopic (exact) mass is 370 g/mol. The molecular formula is C20H23FN4O2. The highest BCUT2D eigenvalue weighted by molar-refractivity contribution is 6.00. The van der Waals surface area contributed by atoms with Crippen LogP contribution in [0.2, 0.25) is 0 Å². The number of nitrogens with one attached hydrogen (secondary N) is 1. The van der Waals surface area contributed by atoms with Gasteiger partial charge < -0.3 is 10.2 Å². The van der Waals surface area contributed by atoms with Crippen LogP contribution >= 0.6 is 0 Å². The molecule has 0 aromatic heterocycles. The van der Waals surface area contributed by atoms with Crippen LogP contribution in [0.1, 0.15) is 18.9 Å². The summed E-state index contributed by atoms with van der Waals surface area (Å²) in [7, 11) is 5.52. The van der Waals surface area contributed by atoms with Crippen molar-refractivity contribution >= 4 is 23.1 Å². The molecule has 0 spiro atoms. The number of anilines is 2. The fourth-order valence-corrected chi connectivity index (χ4v) is 2.96. The van der Waals surface area contributed by atoms with Gasteiger partial charge in [0, 0.05) is 32.5 Å². The van der Waals surface area contributed by atoms with E-state index in [1.807, 2.05) is 43.3 Å². The number of nitrogens with zero attached hydrogens (tertiary/aromatic N) is 3. The maximum Gasteiger partial charge on any atom is 0.229 e. The molecule has 1 aliphatic heterocycles. The third-order valence-corrected chi connectivity index (χ3v) is 4.22. The van der Waals surface area contributed by atoms with Gasteiger partial charge in [-0.3, -0.25) is 4.79 Å². The second kappa shape index (κ2) is 7.36. The van der Waals surface area contributed by atoms with Gasteiger partial charge in [0.05, 0.1) is 12.0 Å². The predicted octanol–water partition coefficient (Wildman–Crippen LogP) is 3.26. The molecule has 1 aliphatic rings. The van der Waals surface area contributed by atoms with Gasteiger partial charge in [0.25, 0.3) is 0 Å². The standard InChI is InChI=1S/C20H23FN4O2/c1-20(13-18(26)22-14-8-7-9-15(12-14)24(2)3)23-19(25(4)27-20)16-10-5-6-11-17(16)21/h5-12H,13H2,1-4H3,(H,22,26). The van der Waals surface area contributed by atoms with Crippen molar-refractivity contribution in [3.8, 4) is 0 Å². The van der Waals surface area contributed by atoms with Crippen molar-refractivity contribution in [3.05, 3.63) is 59.9 Å². The van der Waals surface area contributed by atoms with Crippen LogP contribution in [-0.4, -0.2) is 43.7 Å². The highest BCUT2D eigenvalue weighted by Crippen LogP contribution is 2.29. The molecule has 0 saturated carbocycles. The third-order valence-electron chi connectivity index (χ3n) is 4.22. The van der Waals surface area contributed by atoms with Gasteiger partial charge >= 0.3 is 0 Å². The predicted molar refractivity (Wildman–Crippen MR) is 104 cm³/mol. The number of hydrogen-bond donors (Lipinski definition) is 1. The Morgan fingerprint density at radius 1 is 1.26 bits per heavy atom. The fourth-order valence-electron chi connectivity index (χ4n) is 2.96. The number of benzene rings is 2. The first-order valence-corrected chi connectivity index (χ1v) is 8.62. The number of halogens is 1. The highest BCUT2D eigenvalue weighted by Gasteiger charge is 2.38. The summed E-state index contributed by atoms with van der Waals surface area (Å²) in [6, 6.07) is 13.9. The summed E-state index contributed by atoms with van der Waals surface area (Å²) in [5.41, 5.74) is 0.910. The normalized spacial score (nSPS) is 19.0. The van der Waals surface area contributed by atoms with E-state index < -0.39 is 5.72 Å². The van der Waals surface area contributed by atoms with Crippen LogP contribution in [0.15, 0.2) is 53.5 Å². The molecule has 0 saturated heterocycles. The summed E-state index contributed by atoms with van der Waals surface area (Å²) in [4.78, 5) is 24.7. The van der Waals surface area contributed by atoms with Crippen LogP contribution < -0.4 is 10.2 Å². The summed E-state index contributed by atoms with van der Waals surface area (Å²) in [5.74, 6) is -0.265. The number of hydroxylamine groups is 2. The van der Waals surface area contributed by atoms with Crippen molar-refractivity contribution in [1.82, 2.24) is 5.06 Å². The van der Waals surface area contributed by atoms with Gasteiger partial charge in [-0.25, -0.2) is 19.3 Å². The first-order valence-electron chi connectivity index (χ1n) is 8.62. The lowest BCUT2D eigenvalue weighted by Crippen LogP contribution is -2.32. The zero-order valence-electron chi connectivity index (χ0n) is 15.9. The average Bonchev–Trinajstić information content (AvgIpc) is 2.89. The molecule has 0 fully saturated rings. The maximum atomic E-state index is 14.1. The summed E-state index contributed by atoms with van der Waals surface area (Å²) >= 11 is 0. The number of carbonyl (C=O) groups is 1. The minimum atomic E-state index is -1.10. The number of carbonyl (C=O) groups excluding carboxylic acids is 1. The molecule has 7 heteroatoms. The highest BCUT2D eigenvalue weighted by atomic mass is 19.1. The minimum Gasteiger partial charge on any atom is -0.378 e. The number of hydrogen-bond acceptors (Lipinski definition) is 5. The molecule has 3 rings (SSSR count). The van der Waals surface area contributed by atoms with Gasteiger partial charge in [0.2, 0.25) is 5.91 Å². The molecule has 1 unspecified atom stereocenters. The van der Waals surface area contributed by atoms with E-state index in [4.69, 9.17) is 4.84 Å². The first kappa shape index (κ1) is 18.8. The largest absolute Gasteiger partial charge is 0.378 e. The van der Waals surface area contributed by atoms with Crippen molar-refractivity contribution in [2.45, 2.75) is 19.1 Å². The lowest BCUT2D eigenvalue weighted by molar-refractivity contribution is -0.164. The Hall–Kier alpha value is -2.93. The van der Waals surface area contributed by atoms with Crippen LogP contribution in [0.4, 0.5) is 15.8 Å². The number of amides is 1. The molecule has 27 heavy (non-hydrogen) atoms. The summed E-state index contributed by atoms with van der Waals surface area (Å²) < 4.78 is 14.1. The molecule has 1 N–H and O–H groups in total. The van der Waals surface area contributed by atoms with E-state index in [0.29, 0.717) is 17.1 Å². The van der Waals surface area contributed by atoms with Crippen molar-refractivity contribution in [1.29, 1.82) is 0 Å². The minimum absolute atomic E-state index is 0.00147. The topological polar surface area (TPSA) is 57.2 Å². The Balaban J connectivity index is 1.74. The third kappa shape index (κ3) is 4.25. The first-order chi connectivity index (χ1) is 12.8. The second-order valence-corrected chi connectivity index (χ2v) is 6.85. The lowest BCUT2D eigenvalue weighted by atomic mass is 10.1. The molecule has 2 aromatic rings. The summed E-state index contributed by atoms with van der Waals surface area (Å²) in [5, 5.41) is 4.26. The van der Waals surface area contributed by atoms with Gasteiger partial charge in [-0.1, -0.05) is 18.2 Å². The summed E-state index contributed by atoms with van der Waals surface area (Å²) in [6.45, 7) is 1.70.